The van der Waals surface area contributed by atoms with E-state index in [1.807, 2.05) is 24.3 Å². The summed E-state index contributed by atoms with van der Waals surface area (Å²) in [7, 11) is 0. The van der Waals surface area contributed by atoms with Crippen LogP contribution in [-0.4, -0.2) is 53.6 Å². The molecule has 1 aromatic carbocycles. The third-order valence-electron chi connectivity index (χ3n) is 4.68. The average Bonchev–Trinajstić information content (AvgIpc) is 3.28. The van der Waals surface area contributed by atoms with Gasteiger partial charge in [0.1, 0.15) is 6.10 Å². The van der Waals surface area contributed by atoms with Gasteiger partial charge in [-0.25, -0.2) is 9.19 Å². The molecule has 1 unspecified atom stereocenters. The van der Waals surface area contributed by atoms with Crippen LogP contribution < -0.4 is 14.8 Å². The largest absolute Gasteiger partial charge is 0.474 e. The monoisotopic (exact) mass is 433 g/mol. The summed E-state index contributed by atoms with van der Waals surface area (Å²) in [5, 5.41) is 19.8. The van der Waals surface area contributed by atoms with Gasteiger partial charge in [0.05, 0.1) is 10.5 Å². The molecule has 0 bridgehead atoms. The maximum absolute atomic E-state index is 12.1. The molecule has 4 N–H and O–H groups in total. The Kier molecular flexibility index (Phi) is 6.04. The van der Waals surface area contributed by atoms with E-state index in [9.17, 15) is 8.76 Å². The SMILES string of the molecule is NSc1ccc(N2CCC(Oc3ccccn3)CC2)c(-c2nn[nH]n2)c1S(=O)O. The van der Waals surface area contributed by atoms with E-state index < -0.39 is 11.1 Å². The molecule has 29 heavy (non-hydrogen) atoms. The van der Waals surface area contributed by atoms with Gasteiger partial charge in [0.2, 0.25) is 11.7 Å². The molecule has 1 fully saturated rings. The molecular weight excluding hydrogens is 414 g/mol. The average molecular weight is 434 g/mol. The zero-order chi connectivity index (χ0) is 20.2. The van der Waals surface area contributed by atoms with Crippen molar-refractivity contribution in [3.63, 3.8) is 0 Å². The zero-order valence-corrected chi connectivity index (χ0v) is 16.9. The minimum atomic E-state index is -2.27. The number of rotatable bonds is 6. The van der Waals surface area contributed by atoms with Gasteiger partial charge in [0.25, 0.3) is 0 Å². The van der Waals surface area contributed by atoms with E-state index in [1.54, 1.807) is 12.3 Å². The maximum atomic E-state index is 12.1. The molecule has 4 rings (SSSR count). The van der Waals surface area contributed by atoms with Crippen molar-refractivity contribution in [2.45, 2.75) is 28.7 Å². The predicted octanol–water partition coefficient (Wildman–Crippen LogP) is 1.86. The van der Waals surface area contributed by atoms with Gasteiger partial charge in [-0.2, -0.15) is 5.21 Å². The minimum Gasteiger partial charge on any atom is -0.474 e. The second-order valence-corrected chi connectivity index (χ2v) is 7.94. The van der Waals surface area contributed by atoms with E-state index in [0.29, 0.717) is 29.4 Å². The maximum Gasteiger partial charge on any atom is 0.213 e. The normalized spacial score (nSPS) is 16.0. The Labute approximate surface area is 173 Å². The molecule has 1 aliphatic heterocycles. The number of benzene rings is 1. The summed E-state index contributed by atoms with van der Waals surface area (Å²) >= 11 is -1.36. The number of H-pyrrole nitrogens is 1. The Bertz CT molecular complexity index is 980. The number of ether oxygens (including phenoxy) is 1. The summed E-state index contributed by atoms with van der Waals surface area (Å²) in [5.41, 5.74) is 1.22. The number of anilines is 1. The number of nitrogens with one attached hydrogen (secondary N) is 1. The highest BCUT2D eigenvalue weighted by molar-refractivity contribution is 7.97. The molecule has 0 radical (unpaired) electrons. The first-order valence-electron chi connectivity index (χ1n) is 8.88. The van der Waals surface area contributed by atoms with Gasteiger partial charge in [-0.3, -0.25) is 5.14 Å². The molecule has 0 amide bonds. The van der Waals surface area contributed by atoms with E-state index in [0.717, 1.165) is 30.5 Å². The molecular formula is C17H19N7O3S2. The van der Waals surface area contributed by atoms with Crippen LogP contribution in [0.25, 0.3) is 11.4 Å². The molecule has 10 nitrogen and oxygen atoms in total. The smallest absolute Gasteiger partial charge is 0.213 e. The lowest BCUT2D eigenvalue weighted by atomic mass is 10.0. The summed E-state index contributed by atoms with van der Waals surface area (Å²) in [4.78, 5) is 7.01. The van der Waals surface area contributed by atoms with Crippen LogP contribution in [0.3, 0.4) is 0 Å². The van der Waals surface area contributed by atoms with Crippen molar-refractivity contribution in [2.75, 3.05) is 18.0 Å². The van der Waals surface area contributed by atoms with E-state index in [-0.39, 0.29) is 16.8 Å². The van der Waals surface area contributed by atoms with Crippen molar-refractivity contribution >= 4 is 28.7 Å². The fourth-order valence-corrected chi connectivity index (χ4v) is 4.69. The first kappa shape index (κ1) is 19.8. The van der Waals surface area contributed by atoms with Crippen molar-refractivity contribution in [1.82, 2.24) is 25.6 Å². The third-order valence-corrected chi connectivity index (χ3v) is 6.17. The number of aromatic nitrogens is 5. The molecule has 3 heterocycles. The topological polar surface area (TPSA) is 143 Å². The standard InChI is InChI=1S/C17H19N7O3S2/c18-28-13-5-4-12(15(16(13)29(25)26)17-20-22-23-21-17)24-9-6-11(7-10-24)27-14-3-1-2-8-19-14/h1-5,8,11H,6-7,9-10,18H2,(H,25,26)(H,20,21,22,23). The van der Waals surface area contributed by atoms with Crippen molar-refractivity contribution in [1.29, 1.82) is 0 Å². The summed E-state index contributed by atoms with van der Waals surface area (Å²) in [6, 6.07) is 9.19. The number of tetrazole rings is 1. The van der Waals surface area contributed by atoms with Crippen molar-refractivity contribution in [3.8, 4) is 17.3 Å². The summed E-state index contributed by atoms with van der Waals surface area (Å²) in [5.74, 6) is 0.862. The van der Waals surface area contributed by atoms with Crippen LogP contribution >= 0.6 is 11.9 Å². The van der Waals surface area contributed by atoms with Gasteiger partial charge in [0.15, 0.2) is 11.1 Å². The second kappa shape index (κ2) is 8.86. The zero-order valence-electron chi connectivity index (χ0n) is 15.3. The van der Waals surface area contributed by atoms with Crippen LogP contribution in [0.5, 0.6) is 5.88 Å². The number of hydrogen-bond donors (Lipinski definition) is 3. The van der Waals surface area contributed by atoms with Crippen LogP contribution in [0.4, 0.5) is 5.69 Å². The van der Waals surface area contributed by atoms with E-state index in [1.165, 1.54) is 0 Å². The second-order valence-electron chi connectivity index (χ2n) is 6.36. The molecule has 2 aromatic heterocycles. The third kappa shape index (κ3) is 4.24. The molecule has 12 heteroatoms. The highest BCUT2D eigenvalue weighted by Crippen LogP contribution is 2.39. The molecule has 1 aliphatic rings. The predicted molar refractivity (Wildman–Crippen MR) is 109 cm³/mol. The molecule has 152 valence electrons. The first-order chi connectivity index (χ1) is 14.2. The molecule has 3 aromatic rings. The minimum absolute atomic E-state index is 0.0556. The Morgan fingerprint density at radius 1 is 1.28 bits per heavy atom. The van der Waals surface area contributed by atoms with E-state index in [4.69, 9.17) is 9.88 Å². The van der Waals surface area contributed by atoms with Gasteiger partial charge in [-0.05, 0) is 35.4 Å². The Balaban J connectivity index is 1.61. The Hall–Kier alpha value is -2.54. The lowest BCUT2D eigenvalue weighted by Gasteiger charge is -2.34. The summed E-state index contributed by atoms with van der Waals surface area (Å²) < 4.78 is 28.0. The number of aromatic amines is 1. The number of pyridine rings is 1. The fourth-order valence-electron chi connectivity index (χ4n) is 3.37. The molecule has 0 spiro atoms. The van der Waals surface area contributed by atoms with Crippen molar-refractivity contribution in [2.24, 2.45) is 5.14 Å². The van der Waals surface area contributed by atoms with Gasteiger partial charge in [0, 0.05) is 48.8 Å². The van der Waals surface area contributed by atoms with Crippen LogP contribution in [-0.2, 0) is 11.1 Å². The molecule has 1 saturated heterocycles. The van der Waals surface area contributed by atoms with Gasteiger partial charge in [-0.15, -0.1) is 10.2 Å². The van der Waals surface area contributed by atoms with Crippen LogP contribution in [0, 0.1) is 0 Å². The van der Waals surface area contributed by atoms with Crippen LogP contribution in [0.2, 0.25) is 0 Å². The molecule has 0 saturated carbocycles. The van der Waals surface area contributed by atoms with Gasteiger partial charge < -0.3 is 14.2 Å². The number of piperidine rings is 1. The number of nitrogens with two attached hydrogens (primary N) is 1. The Morgan fingerprint density at radius 3 is 2.72 bits per heavy atom. The highest BCUT2D eigenvalue weighted by atomic mass is 32.2. The molecule has 1 atom stereocenters. The van der Waals surface area contributed by atoms with Gasteiger partial charge in [-0.1, -0.05) is 6.07 Å². The quantitative estimate of drug-likeness (QED) is 0.389. The lowest BCUT2D eigenvalue weighted by Crippen LogP contribution is -2.38. The van der Waals surface area contributed by atoms with E-state index >= 15 is 0 Å². The summed E-state index contributed by atoms with van der Waals surface area (Å²) in [6.45, 7) is 1.41. The Morgan fingerprint density at radius 2 is 2.10 bits per heavy atom. The summed E-state index contributed by atoms with van der Waals surface area (Å²) in [6.07, 6.45) is 3.33. The molecule has 0 aliphatic carbocycles. The van der Waals surface area contributed by atoms with E-state index in [2.05, 4.69) is 30.5 Å². The van der Waals surface area contributed by atoms with Crippen LogP contribution in [0.15, 0.2) is 46.3 Å². The number of hydrogen-bond acceptors (Lipinski definition) is 9. The van der Waals surface area contributed by atoms with Gasteiger partial charge >= 0.3 is 0 Å². The number of nitrogens with zero attached hydrogens (tertiary/aromatic N) is 5. The lowest BCUT2D eigenvalue weighted by molar-refractivity contribution is 0.164. The van der Waals surface area contributed by atoms with Crippen molar-refractivity contribution < 1.29 is 13.5 Å². The fraction of sp³-hybridized carbons (Fsp3) is 0.294. The highest BCUT2D eigenvalue weighted by Gasteiger charge is 2.28. The van der Waals surface area contributed by atoms with Crippen molar-refractivity contribution in [3.05, 3.63) is 36.5 Å². The first-order valence-corrected chi connectivity index (χ1v) is 10.9. The van der Waals surface area contributed by atoms with Crippen LogP contribution in [0.1, 0.15) is 12.8 Å².